The Kier molecular flexibility index (Phi) is 6.07. The zero-order valence-corrected chi connectivity index (χ0v) is 11.9. The summed E-state index contributed by atoms with van der Waals surface area (Å²) in [5.74, 6) is -1.30. The fourth-order valence-corrected chi connectivity index (χ4v) is 2.46. The van der Waals surface area contributed by atoms with Crippen LogP contribution in [0.15, 0.2) is 12.1 Å². The van der Waals surface area contributed by atoms with E-state index in [1.807, 2.05) is 6.07 Å². The van der Waals surface area contributed by atoms with E-state index in [-0.39, 0.29) is 19.0 Å². The van der Waals surface area contributed by atoms with E-state index in [0.29, 0.717) is 10.9 Å². The molecule has 0 saturated heterocycles. The van der Waals surface area contributed by atoms with Crippen molar-refractivity contribution in [3.63, 3.8) is 0 Å². The zero-order valence-electron chi connectivity index (χ0n) is 10.3. The summed E-state index contributed by atoms with van der Waals surface area (Å²) in [6.45, 7) is 0.520. The van der Waals surface area contributed by atoms with Gasteiger partial charge >= 0.3 is 12.0 Å². The van der Waals surface area contributed by atoms with E-state index >= 15 is 0 Å². The molecule has 106 valence electrons. The van der Waals surface area contributed by atoms with Crippen molar-refractivity contribution >= 4 is 34.9 Å². The topological polar surface area (TPSA) is 89.9 Å². The lowest BCUT2D eigenvalue weighted by Crippen LogP contribution is -2.38. The predicted octanol–water partition coefficient (Wildman–Crippen LogP) is 1.38. The Morgan fingerprint density at radius 1 is 1.53 bits per heavy atom. The monoisotopic (exact) mass is 306 g/mol. The molecule has 6 nitrogen and oxygen atoms in total. The van der Waals surface area contributed by atoms with Crippen LogP contribution in [0.1, 0.15) is 11.3 Å². The molecule has 0 spiro atoms. The molecule has 1 heterocycles. The lowest BCUT2D eigenvalue weighted by atomic mass is 10.2. The molecule has 0 aromatic carbocycles. The number of amides is 2. The number of hydrogen-bond donors (Lipinski definition) is 3. The first-order valence-corrected chi connectivity index (χ1v) is 6.73. The highest BCUT2D eigenvalue weighted by atomic mass is 35.5. The van der Waals surface area contributed by atoms with Crippen molar-refractivity contribution in [3.8, 4) is 0 Å². The number of carbonyl (C=O) groups is 2. The van der Waals surface area contributed by atoms with Gasteiger partial charge in [0.2, 0.25) is 0 Å². The van der Waals surface area contributed by atoms with E-state index in [9.17, 15) is 9.59 Å². The number of aliphatic hydroxyl groups excluding tert-OH is 1. The number of aliphatic hydroxyl groups is 1. The minimum Gasteiger partial charge on any atom is -0.479 e. The van der Waals surface area contributed by atoms with Gasteiger partial charge in [-0.05, 0) is 12.1 Å². The Balaban J connectivity index is 2.31. The van der Waals surface area contributed by atoms with Gasteiger partial charge in [0.15, 0.2) is 6.10 Å². The van der Waals surface area contributed by atoms with Gasteiger partial charge in [-0.1, -0.05) is 11.6 Å². The van der Waals surface area contributed by atoms with Crippen LogP contribution in [0, 0.1) is 0 Å². The van der Waals surface area contributed by atoms with Gasteiger partial charge in [0.1, 0.15) is 0 Å². The summed E-state index contributed by atoms with van der Waals surface area (Å²) in [4.78, 5) is 24.4. The number of hydrogen-bond acceptors (Lipinski definition) is 4. The highest BCUT2D eigenvalue weighted by molar-refractivity contribution is 7.16. The summed E-state index contributed by atoms with van der Waals surface area (Å²) in [5, 5.41) is 20.0. The smallest absolute Gasteiger partial charge is 0.332 e. The molecule has 0 aliphatic rings. The van der Waals surface area contributed by atoms with Crippen LogP contribution in [-0.4, -0.2) is 46.8 Å². The molecule has 19 heavy (non-hydrogen) atoms. The molecule has 1 atom stereocenters. The lowest BCUT2D eigenvalue weighted by Gasteiger charge is -2.17. The number of carboxylic acid groups (broad SMARTS) is 1. The van der Waals surface area contributed by atoms with Crippen molar-refractivity contribution in [3.05, 3.63) is 21.3 Å². The predicted molar refractivity (Wildman–Crippen MR) is 72.5 cm³/mol. The molecule has 8 heteroatoms. The first-order chi connectivity index (χ1) is 8.90. The Labute approximate surface area is 119 Å². The standard InChI is InChI=1S/C11H15ClN2O4S/c1-14(6-7-2-3-9(12)19-7)11(18)13-5-4-8(15)10(16)17/h2-3,8,15H,4-6H2,1H3,(H,13,18)(H,16,17)/t8-/m0/s1. The number of carbonyl (C=O) groups excluding carboxylic acids is 1. The van der Waals surface area contributed by atoms with Gasteiger partial charge in [-0.3, -0.25) is 0 Å². The summed E-state index contributed by atoms with van der Waals surface area (Å²) >= 11 is 7.18. The number of nitrogens with zero attached hydrogens (tertiary/aromatic N) is 1. The molecule has 0 unspecified atom stereocenters. The molecule has 0 fully saturated rings. The summed E-state index contributed by atoms with van der Waals surface area (Å²) in [7, 11) is 1.62. The fourth-order valence-electron chi connectivity index (χ4n) is 1.32. The van der Waals surface area contributed by atoms with Crippen molar-refractivity contribution in [2.45, 2.75) is 19.1 Å². The molecule has 1 aromatic heterocycles. The third-order valence-corrected chi connectivity index (χ3v) is 3.56. The zero-order chi connectivity index (χ0) is 14.4. The van der Waals surface area contributed by atoms with E-state index in [1.54, 1.807) is 13.1 Å². The van der Waals surface area contributed by atoms with Crippen LogP contribution in [0.5, 0.6) is 0 Å². The first-order valence-electron chi connectivity index (χ1n) is 5.54. The van der Waals surface area contributed by atoms with Crippen LogP contribution in [0.3, 0.4) is 0 Å². The normalized spacial score (nSPS) is 11.9. The van der Waals surface area contributed by atoms with Crippen LogP contribution in [0.4, 0.5) is 4.79 Å². The van der Waals surface area contributed by atoms with Crippen LogP contribution in [0.25, 0.3) is 0 Å². The van der Waals surface area contributed by atoms with Gasteiger partial charge in [-0.15, -0.1) is 11.3 Å². The average molecular weight is 307 g/mol. The summed E-state index contributed by atoms with van der Waals surface area (Å²) in [6.07, 6.45) is -1.48. The maximum absolute atomic E-state index is 11.7. The SMILES string of the molecule is CN(Cc1ccc(Cl)s1)C(=O)NCC[C@H](O)C(=O)O. The molecule has 0 saturated carbocycles. The number of carboxylic acids is 1. The molecule has 1 aromatic rings. The minimum atomic E-state index is -1.46. The maximum Gasteiger partial charge on any atom is 0.332 e. The summed E-state index contributed by atoms with van der Waals surface area (Å²) in [6, 6.07) is 3.27. The molecular formula is C11H15ClN2O4S. The third-order valence-electron chi connectivity index (χ3n) is 2.35. The largest absolute Gasteiger partial charge is 0.479 e. The van der Waals surface area contributed by atoms with E-state index in [0.717, 1.165) is 4.88 Å². The second-order valence-electron chi connectivity index (χ2n) is 3.94. The molecule has 0 aliphatic heterocycles. The maximum atomic E-state index is 11.7. The van der Waals surface area contributed by atoms with Crippen LogP contribution < -0.4 is 5.32 Å². The Morgan fingerprint density at radius 3 is 2.74 bits per heavy atom. The van der Waals surface area contributed by atoms with Gasteiger partial charge in [0.05, 0.1) is 10.9 Å². The van der Waals surface area contributed by atoms with E-state index in [2.05, 4.69) is 5.32 Å². The van der Waals surface area contributed by atoms with Crippen LogP contribution >= 0.6 is 22.9 Å². The van der Waals surface area contributed by atoms with Gasteiger partial charge in [0.25, 0.3) is 0 Å². The van der Waals surface area contributed by atoms with Crippen molar-refractivity contribution in [2.24, 2.45) is 0 Å². The van der Waals surface area contributed by atoms with Gasteiger partial charge in [-0.2, -0.15) is 0 Å². The minimum absolute atomic E-state index is 0.0280. The molecule has 0 aliphatic carbocycles. The van der Waals surface area contributed by atoms with Crippen LogP contribution in [-0.2, 0) is 11.3 Å². The second-order valence-corrected chi connectivity index (χ2v) is 5.74. The van der Waals surface area contributed by atoms with Crippen molar-refractivity contribution in [2.75, 3.05) is 13.6 Å². The quantitative estimate of drug-likeness (QED) is 0.740. The molecule has 0 bridgehead atoms. The number of halogens is 1. The number of thiophene rings is 1. The highest BCUT2D eigenvalue weighted by Crippen LogP contribution is 2.22. The van der Waals surface area contributed by atoms with Gasteiger partial charge in [-0.25, -0.2) is 9.59 Å². The number of nitrogens with one attached hydrogen (secondary N) is 1. The van der Waals surface area contributed by atoms with Crippen molar-refractivity contribution in [1.82, 2.24) is 10.2 Å². The lowest BCUT2D eigenvalue weighted by molar-refractivity contribution is -0.146. The van der Waals surface area contributed by atoms with E-state index in [4.69, 9.17) is 21.8 Å². The first kappa shape index (κ1) is 15.7. The molecule has 1 rings (SSSR count). The fraction of sp³-hybridized carbons (Fsp3) is 0.455. The number of rotatable bonds is 6. The third kappa shape index (κ3) is 5.46. The van der Waals surface area contributed by atoms with Crippen molar-refractivity contribution < 1.29 is 19.8 Å². The molecular weight excluding hydrogens is 292 g/mol. The highest BCUT2D eigenvalue weighted by Gasteiger charge is 2.14. The number of urea groups is 1. The summed E-state index contributed by atoms with van der Waals surface area (Å²) < 4.78 is 0.661. The molecule has 3 N–H and O–H groups in total. The Bertz CT molecular complexity index is 452. The van der Waals surface area contributed by atoms with E-state index in [1.165, 1.54) is 16.2 Å². The second kappa shape index (κ2) is 7.32. The van der Waals surface area contributed by atoms with Gasteiger partial charge < -0.3 is 20.4 Å². The Morgan fingerprint density at radius 2 is 2.21 bits per heavy atom. The van der Waals surface area contributed by atoms with E-state index < -0.39 is 12.1 Å². The number of aliphatic carboxylic acids is 1. The average Bonchev–Trinajstić information content (AvgIpc) is 2.74. The van der Waals surface area contributed by atoms with Crippen molar-refractivity contribution in [1.29, 1.82) is 0 Å². The molecule has 0 radical (unpaired) electrons. The summed E-state index contributed by atoms with van der Waals surface area (Å²) in [5.41, 5.74) is 0. The van der Waals surface area contributed by atoms with Gasteiger partial charge in [0, 0.05) is 24.9 Å². The molecule has 2 amide bonds. The Hall–Kier alpha value is -1.31. The van der Waals surface area contributed by atoms with Crippen LogP contribution in [0.2, 0.25) is 4.34 Å².